The standard InChI is InChI=1S/C9H15N3O2S2/c1-7-11-5-8(15-7)16(13,14)12-6-9(10)3-2-4-9/h5,12H,2-4,6,10H2,1H3. The van der Waals surface area contributed by atoms with Crippen molar-refractivity contribution in [1.82, 2.24) is 9.71 Å². The highest BCUT2D eigenvalue weighted by Gasteiger charge is 2.34. The number of aromatic nitrogens is 1. The molecule has 1 aliphatic rings. The van der Waals surface area contributed by atoms with Gasteiger partial charge in [-0.25, -0.2) is 18.1 Å². The summed E-state index contributed by atoms with van der Waals surface area (Å²) in [5.74, 6) is 0. The number of nitrogens with zero attached hydrogens (tertiary/aromatic N) is 1. The van der Waals surface area contributed by atoms with Crippen LogP contribution in [0.4, 0.5) is 0 Å². The highest BCUT2D eigenvalue weighted by Crippen LogP contribution is 2.28. The minimum absolute atomic E-state index is 0.257. The maximum atomic E-state index is 11.8. The molecule has 5 nitrogen and oxygen atoms in total. The topological polar surface area (TPSA) is 85.1 Å². The molecule has 1 heterocycles. The third kappa shape index (κ3) is 2.42. The van der Waals surface area contributed by atoms with Gasteiger partial charge in [0.05, 0.1) is 11.2 Å². The van der Waals surface area contributed by atoms with Crippen molar-refractivity contribution in [2.45, 2.75) is 35.9 Å². The Kier molecular flexibility index (Phi) is 3.04. The van der Waals surface area contributed by atoms with Crippen LogP contribution < -0.4 is 10.5 Å². The van der Waals surface area contributed by atoms with E-state index < -0.39 is 10.0 Å². The van der Waals surface area contributed by atoms with Gasteiger partial charge in [0.2, 0.25) is 0 Å². The third-order valence-corrected chi connectivity index (χ3v) is 5.60. The van der Waals surface area contributed by atoms with Crippen molar-refractivity contribution in [1.29, 1.82) is 0 Å². The molecule has 0 saturated heterocycles. The first-order chi connectivity index (χ1) is 7.41. The molecule has 7 heteroatoms. The first-order valence-corrected chi connectivity index (χ1v) is 7.42. The monoisotopic (exact) mass is 261 g/mol. The summed E-state index contributed by atoms with van der Waals surface area (Å²) >= 11 is 1.17. The normalized spacial score (nSPS) is 19.4. The fourth-order valence-electron chi connectivity index (χ4n) is 1.58. The van der Waals surface area contributed by atoms with Gasteiger partial charge < -0.3 is 5.73 Å². The Morgan fingerprint density at radius 1 is 1.62 bits per heavy atom. The molecule has 1 aromatic rings. The Hall–Kier alpha value is -0.500. The summed E-state index contributed by atoms with van der Waals surface area (Å²) in [5.41, 5.74) is 5.61. The molecule has 0 amide bonds. The van der Waals surface area contributed by atoms with Crippen LogP contribution in [-0.2, 0) is 10.0 Å². The third-order valence-electron chi connectivity index (χ3n) is 2.83. The number of nitrogens with one attached hydrogen (secondary N) is 1. The van der Waals surface area contributed by atoms with Crippen molar-refractivity contribution in [3.63, 3.8) is 0 Å². The number of hydrogen-bond donors (Lipinski definition) is 2. The number of rotatable bonds is 4. The number of sulfonamides is 1. The molecule has 0 unspecified atom stereocenters. The van der Waals surface area contributed by atoms with E-state index in [9.17, 15) is 8.42 Å². The van der Waals surface area contributed by atoms with E-state index in [1.165, 1.54) is 17.5 Å². The fourth-order valence-corrected chi connectivity index (χ4v) is 3.87. The average molecular weight is 261 g/mol. The van der Waals surface area contributed by atoms with Crippen LogP contribution in [0.25, 0.3) is 0 Å². The van der Waals surface area contributed by atoms with Crippen molar-refractivity contribution >= 4 is 21.4 Å². The maximum absolute atomic E-state index is 11.8. The Labute approximate surface area is 99.1 Å². The highest BCUT2D eigenvalue weighted by molar-refractivity contribution is 7.91. The summed E-state index contributed by atoms with van der Waals surface area (Å²) in [7, 11) is -3.42. The van der Waals surface area contributed by atoms with E-state index in [-0.39, 0.29) is 9.75 Å². The van der Waals surface area contributed by atoms with E-state index in [1.807, 2.05) is 0 Å². The molecule has 3 N–H and O–H groups in total. The lowest BCUT2D eigenvalue weighted by Gasteiger charge is -2.37. The second kappa shape index (κ2) is 4.06. The van der Waals surface area contributed by atoms with E-state index in [1.54, 1.807) is 6.92 Å². The van der Waals surface area contributed by atoms with Gasteiger partial charge in [-0.15, -0.1) is 11.3 Å². The van der Waals surface area contributed by atoms with Gasteiger partial charge >= 0.3 is 0 Å². The van der Waals surface area contributed by atoms with Crippen LogP contribution in [-0.4, -0.2) is 25.5 Å². The van der Waals surface area contributed by atoms with Gasteiger partial charge in [-0.3, -0.25) is 0 Å². The number of hydrogen-bond acceptors (Lipinski definition) is 5. The Morgan fingerprint density at radius 2 is 2.31 bits per heavy atom. The molecule has 90 valence electrons. The SMILES string of the molecule is Cc1ncc(S(=O)(=O)NCC2(N)CCC2)s1. The Morgan fingerprint density at radius 3 is 2.75 bits per heavy atom. The van der Waals surface area contributed by atoms with E-state index in [4.69, 9.17) is 5.73 Å². The quantitative estimate of drug-likeness (QED) is 0.831. The largest absolute Gasteiger partial charge is 0.324 e. The van der Waals surface area contributed by atoms with Gasteiger partial charge in [0.1, 0.15) is 0 Å². The molecule has 16 heavy (non-hydrogen) atoms. The van der Waals surface area contributed by atoms with E-state index in [2.05, 4.69) is 9.71 Å². The highest BCUT2D eigenvalue weighted by atomic mass is 32.2. The molecule has 2 rings (SSSR count). The zero-order valence-corrected chi connectivity index (χ0v) is 10.7. The zero-order valence-electron chi connectivity index (χ0n) is 9.06. The van der Waals surface area contributed by atoms with Gasteiger partial charge in [-0.2, -0.15) is 0 Å². The fraction of sp³-hybridized carbons (Fsp3) is 0.667. The summed E-state index contributed by atoms with van der Waals surface area (Å²) < 4.78 is 26.5. The molecule has 1 aromatic heterocycles. The second-order valence-electron chi connectivity index (χ2n) is 4.24. The Balaban J connectivity index is 2.03. The van der Waals surface area contributed by atoms with Crippen LogP contribution in [0.1, 0.15) is 24.3 Å². The first-order valence-electron chi connectivity index (χ1n) is 5.12. The molecular weight excluding hydrogens is 246 g/mol. The predicted molar refractivity (Wildman–Crippen MR) is 62.8 cm³/mol. The van der Waals surface area contributed by atoms with E-state index >= 15 is 0 Å². The minimum atomic E-state index is -3.42. The van der Waals surface area contributed by atoms with E-state index in [0.717, 1.165) is 24.3 Å². The van der Waals surface area contributed by atoms with Gasteiger partial charge in [-0.05, 0) is 26.2 Å². The van der Waals surface area contributed by atoms with Gasteiger partial charge in [0.25, 0.3) is 10.0 Å². The zero-order chi connectivity index (χ0) is 11.8. The Bertz CT molecular complexity index is 477. The molecule has 1 fully saturated rings. The minimum Gasteiger partial charge on any atom is -0.324 e. The number of aryl methyl sites for hydroxylation is 1. The summed E-state index contributed by atoms with van der Waals surface area (Å²) in [6.07, 6.45) is 4.23. The lowest BCUT2D eigenvalue weighted by Crippen LogP contribution is -2.54. The van der Waals surface area contributed by atoms with Crippen LogP contribution in [0.3, 0.4) is 0 Å². The molecule has 0 aromatic carbocycles. The molecule has 1 aliphatic carbocycles. The maximum Gasteiger partial charge on any atom is 0.251 e. The summed E-state index contributed by atoms with van der Waals surface area (Å²) in [4.78, 5) is 3.93. The van der Waals surface area contributed by atoms with Crippen LogP contribution in [0.15, 0.2) is 10.4 Å². The molecule has 0 aliphatic heterocycles. The van der Waals surface area contributed by atoms with Gasteiger partial charge in [0, 0.05) is 12.1 Å². The molecule has 1 saturated carbocycles. The summed E-state index contributed by atoms with van der Waals surface area (Å²) in [5, 5.41) is 0.742. The smallest absolute Gasteiger partial charge is 0.251 e. The van der Waals surface area contributed by atoms with Crippen molar-refractivity contribution < 1.29 is 8.42 Å². The van der Waals surface area contributed by atoms with Crippen LogP contribution >= 0.6 is 11.3 Å². The van der Waals surface area contributed by atoms with Crippen LogP contribution in [0.5, 0.6) is 0 Å². The van der Waals surface area contributed by atoms with Crippen LogP contribution in [0, 0.1) is 6.92 Å². The molecule has 0 atom stereocenters. The lowest BCUT2D eigenvalue weighted by molar-refractivity contribution is 0.251. The van der Waals surface area contributed by atoms with Crippen molar-refractivity contribution in [3.05, 3.63) is 11.2 Å². The number of thiazole rings is 1. The first kappa shape index (κ1) is 12.0. The van der Waals surface area contributed by atoms with Crippen molar-refractivity contribution in [2.75, 3.05) is 6.54 Å². The van der Waals surface area contributed by atoms with Crippen molar-refractivity contribution in [2.24, 2.45) is 5.73 Å². The van der Waals surface area contributed by atoms with Crippen LogP contribution in [0.2, 0.25) is 0 Å². The van der Waals surface area contributed by atoms with Gasteiger partial charge in [-0.1, -0.05) is 0 Å². The lowest BCUT2D eigenvalue weighted by atomic mass is 9.78. The molecule has 0 radical (unpaired) electrons. The van der Waals surface area contributed by atoms with E-state index in [0.29, 0.717) is 6.54 Å². The molecular formula is C9H15N3O2S2. The summed E-state index contributed by atoms with van der Waals surface area (Å²) in [6.45, 7) is 2.09. The number of nitrogens with two attached hydrogens (primary N) is 1. The molecule has 0 bridgehead atoms. The second-order valence-corrected chi connectivity index (χ2v) is 7.47. The van der Waals surface area contributed by atoms with Crippen molar-refractivity contribution in [3.8, 4) is 0 Å². The average Bonchev–Trinajstić information content (AvgIpc) is 2.60. The van der Waals surface area contributed by atoms with Gasteiger partial charge in [0.15, 0.2) is 4.21 Å². The summed E-state index contributed by atoms with van der Waals surface area (Å²) in [6, 6.07) is 0. The predicted octanol–water partition coefficient (Wildman–Crippen LogP) is 0.611. The molecule has 0 spiro atoms.